The summed E-state index contributed by atoms with van der Waals surface area (Å²) >= 11 is 2.19. The number of primary amides is 1. The van der Waals surface area contributed by atoms with E-state index in [1.165, 1.54) is 4.90 Å². The Morgan fingerprint density at radius 3 is 2.75 bits per heavy atom. The van der Waals surface area contributed by atoms with Gasteiger partial charge in [0.15, 0.2) is 12.7 Å². The summed E-state index contributed by atoms with van der Waals surface area (Å²) in [5.41, 5.74) is 5.17. The average Bonchev–Trinajstić information content (AvgIpc) is 2.46. The van der Waals surface area contributed by atoms with Crippen molar-refractivity contribution in [3.63, 3.8) is 0 Å². The van der Waals surface area contributed by atoms with Crippen molar-refractivity contribution in [3.8, 4) is 5.75 Å². The number of halogens is 1. The molecule has 1 heterocycles. The number of rotatable bonds is 4. The largest absolute Gasteiger partial charge is 0.484 e. The van der Waals surface area contributed by atoms with Crippen LogP contribution in [-0.2, 0) is 14.3 Å². The molecule has 0 radical (unpaired) electrons. The van der Waals surface area contributed by atoms with Crippen molar-refractivity contribution in [2.75, 3.05) is 26.3 Å². The maximum absolute atomic E-state index is 12.0. The number of nitrogens with two attached hydrogens (primary N) is 1. The Morgan fingerprint density at radius 2 is 2.10 bits per heavy atom. The Labute approximate surface area is 130 Å². The molecule has 20 heavy (non-hydrogen) atoms. The predicted molar refractivity (Wildman–Crippen MR) is 80.2 cm³/mol. The number of carbonyl (C=O) groups excluding carboxylic acids is 2. The molecule has 1 aromatic rings. The molecule has 2 N–H and O–H groups in total. The quantitative estimate of drug-likeness (QED) is 0.754. The zero-order valence-electron chi connectivity index (χ0n) is 10.8. The number of morpholine rings is 1. The van der Waals surface area contributed by atoms with Crippen molar-refractivity contribution in [2.45, 2.75) is 6.10 Å². The molecule has 1 saturated heterocycles. The third-order valence-electron chi connectivity index (χ3n) is 2.91. The summed E-state index contributed by atoms with van der Waals surface area (Å²) in [7, 11) is 0. The first-order valence-corrected chi connectivity index (χ1v) is 7.21. The van der Waals surface area contributed by atoms with Crippen LogP contribution in [0, 0.1) is 3.57 Å². The van der Waals surface area contributed by atoms with Gasteiger partial charge in [0.05, 0.1) is 13.2 Å². The van der Waals surface area contributed by atoms with Crippen LogP contribution in [0.5, 0.6) is 5.75 Å². The van der Waals surface area contributed by atoms with Gasteiger partial charge in [-0.1, -0.05) is 0 Å². The molecule has 1 aliphatic rings. The first-order valence-electron chi connectivity index (χ1n) is 6.13. The molecule has 0 aromatic heterocycles. The van der Waals surface area contributed by atoms with Gasteiger partial charge >= 0.3 is 0 Å². The first kappa shape index (κ1) is 15.0. The maximum atomic E-state index is 12.0. The Kier molecular flexibility index (Phi) is 5.18. The molecule has 7 heteroatoms. The van der Waals surface area contributed by atoms with E-state index in [0.29, 0.717) is 18.9 Å². The first-order chi connectivity index (χ1) is 9.56. The van der Waals surface area contributed by atoms with E-state index in [0.717, 1.165) is 3.57 Å². The minimum absolute atomic E-state index is 0.0634. The van der Waals surface area contributed by atoms with Crippen LogP contribution < -0.4 is 10.5 Å². The minimum atomic E-state index is -0.731. The highest BCUT2D eigenvalue weighted by Gasteiger charge is 2.27. The van der Waals surface area contributed by atoms with E-state index in [1.54, 1.807) is 12.1 Å². The Hall–Kier alpha value is -1.35. The molecule has 0 spiro atoms. The second kappa shape index (κ2) is 6.89. The van der Waals surface area contributed by atoms with Crippen LogP contribution in [-0.4, -0.2) is 49.1 Å². The predicted octanol–water partition coefficient (Wildman–Crippen LogP) is 0.383. The Balaban J connectivity index is 1.85. The number of ether oxygens (including phenoxy) is 2. The summed E-state index contributed by atoms with van der Waals surface area (Å²) in [5.74, 6) is -0.0994. The molecule has 1 fully saturated rings. The number of amides is 2. The van der Waals surface area contributed by atoms with Crippen LogP contribution in [0.2, 0.25) is 0 Å². The van der Waals surface area contributed by atoms with Gasteiger partial charge in [-0.25, -0.2) is 0 Å². The fourth-order valence-electron chi connectivity index (χ4n) is 1.82. The highest BCUT2D eigenvalue weighted by atomic mass is 127. The van der Waals surface area contributed by atoms with E-state index in [9.17, 15) is 9.59 Å². The second-order valence-corrected chi connectivity index (χ2v) is 5.59. The topological polar surface area (TPSA) is 81.9 Å². The molecule has 1 atom stereocenters. The second-order valence-electron chi connectivity index (χ2n) is 4.34. The molecule has 1 unspecified atom stereocenters. The van der Waals surface area contributed by atoms with Gasteiger partial charge in [-0.2, -0.15) is 0 Å². The van der Waals surface area contributed by atoms with E-state index < -0.39 is 12.0 Å². The zero-order chi connectivity index (χ0) is 14.5. The van der Waals surface area contributed by atoms with E-state index in [2.05, 4.69) is 22.6 Å². The smallest absolute Gasteiger partial charge is 0.260 e. The molecule has 108 valence electrons. The van der Waals surface area contributed by atoms with Crippen LogP contribution in [0.15, 0.2) is 24.3 Å². The minimum Gasteiger partial charge on any atom is -0.484 e. The Morgan fingerprint density at radius 1 is 1.40 bits per heavy atom. The van der Waals surface area contributed by atoms with Crippen molar-refractivity contribution < 1.29 is 19.1 Å². The summed E-state index contributed by atoms with van der Waals surface area (Å²) in [6.07, 6.45) is -0.731. The molecule has 2 amide bonds. The Bertz CT molecular complexity index is 492. The molecule has 0 saturated carbocycles. The van der Waals surface area contributed by atoms with E-state index in [4.69, 9.17) is 15.2 Å². The summed E-state index contributed by atoms with van der Waals surface area (Å²) < 4.78 is 11.7. The lowest BCUT2D eigenvalue weighted by atomic mass is 10.2. The van der Waals surface area contributed by atoms with Crippen molar-refractivity contribution in [3.05, 3.63) is 27.8 Å². The molecular weight excluding hydrogens is 375 g/mol. The van der Waals surface area contributed by atoms with Crippen molar-refractivity contribution >= 4 is 34.4 Å². The van der Waals surface area contributed by atoms with Crippen LogP contribution in [0.1, 0.15) is 0 Å². The van der Waals surface area contributed by atoms with E-state index in [-0.39, 0.29) is 19.1 Å². The zero-order valence-corrected chi connectivity index (χ0v) is 12.9. The number of carbonyl (C=O) groups is 2. The molecular formula is C13H15IN2O4. The highest BCUT2D eigenvalue weighted by molar-refractivity contribution is 14.1. The number of benzene rings is 1. The average molecular weight is 390 g/mol. The maximum Gasteiger partial charge on any atom is 0.260 e. The van der Waals surface area contributed by atoms with Crippen LogP contribution in [0.4, 0.5) is 0 Å². The van der Waals surface area contributed by atoms with E-state index in [1.807, 2.05) is 12.1 Å². The summed E-state index contributed by atoms with van der Waals surface area (Å²) in [4.78, 5) is 24.6. The van der Waals surface area contributed by atoms with Crippen LogP contribution in [0.3, 0.4) is 0 Å². The lowest BCUT2D eigenvalue weighted by molar-refractivity contribution is -0.146. The number of nitrogens with zero attached hydrogens (tertiary/aromatic N) is 1. The van der Waals surface area contributed by atoms with Crippen molar-refractivity contribution in [2.24, 2.45) is 5.73 Å². The van der Waals surface area contributed by atoms with Gasteiger partial charge in [-0.3, -0.25) is 9.59 Å². The van der Waals surface area contributed by atoms with Crippen LogP contribution >= 0.6 is 22.6 Å². The van der Waals surface area contributed by atoms with Gasteiger partial charge in [0.2, 0.25) is 5.91 Å². The third kappa shape index (κ3) is 4.07. The summed E-state index contributed by atoms with van der Waals surface area (Å²) in [6, 6.07) is 7.41. The summed E-state index contributed by atoms with van der Waals surface area (Å²) in [5, 5.41) is 0. The number of hydrogen-bond donors (Lipinski definition) is 1. The molecule has 2 rings (SSSR count). The van der Waals surface area contributed by atoms with Gasteiger partial charge in [0.25, 0.3) is 5.91 Å². The molecule has 0 bridgehead atoms. The SMILES string of the molecule is NC(=O)C1CN(C(=O)COc2ccc(I)cc2)CCO1. The molecule has 0 aliphatic carbocycles. The monoisotopic (exact) mass is 390 g/mol. The van der Waals surface area contributed by atoms with Gasteiger partial charge < -0.3 is 20.1 Å². The van der Waals surface area contributed by atoms with Gasteiger partial charge in [0, 0.05) is 10.1 Å². The standard InChI is InChI=1S/C13H15IN2O4/c14-9-1-3-10(4-2-9)20-8-12(17)16-5-6-19-11(7-16)13(15)18/h1-4,11H,5-8H2,(H2,15,18). The third-order valence-corrected chi connectivity index (χ3v) is 3.63. The lowest BCUT2D eigenvalue weighted by Gasteiger charge is -2.31. The normalized spacial score (nSPS) is 18.6. The molecule has 6 nitrogen and oxygen atoms in total. The highest BCUT2D eigenvalue weighted by Crippen LogP contribution is 2.14. The fraction of sp³-hybridized carbons (Fsp3) is 0.385. The van der Waals surface area contributed by atoms with Gasteiger partial charge in [-0.15, -0.1) is 0 Å². The van der Waals surface area contributed by atoms with Gasteiger partial charge in [-0.05, 0) is 46.9 Å². The number of hydrogen-bond acceptors (Lipinski definition) is 4. The van der Waals surface area contributed by atoms with Crippen LogP contribution in [0.25, 0.3) is 0 Å². The lowest BCUT2D eigenvalue weighted by Crippen LogP contribution is -2.51. The molecule has 1 aromatic carbocycles. The summed E-state index contributed by atoms with van der Waals surface area (Å²) in [6.45, 7) is 0.873. The molecule has 1 aliphatic heterocycles. The van der Waals surface area contributed by atoms with Crippen molar-refractivity contribution in [1.29, 1.82) is 0 Å². The van der Waals surface area contributed by atoms with E-state index >= 15 is 0 Å². The van der Waals surface area contributed by atoms with Gasteiger partial charge in [0.1, 0.15) is 5.75 Å². The fourth-order valence-corrected chi connectivity index (χ4v) is 2.17. The van der Waals surface area contributed by atoms with Crippen molar-refractivity contribution in [1.82, 2.24) is 4.90 Å².